The van der Waals surface area contributed by atoms with E-state index in [1.165, 1.54) is 0 Å². The molecule has 0 aromatic heterocycles. The molecule has 1 N–H and O–H groups in total. The van der Waals surface area contributed by atoms with E-state index in [0.717, 1.165) is 29.7 Å². The van der Waals surface area contributed by atoms with E-state index in [9.17, 15) is 14.7 Å². The Morgan fingerprint density at radius 3 is 2.67 bits per heavy atom. The molecule has 3 rings (SSSR count). The normalized spacial score (nSPS) is 28.2. The lowest BCUT2D eigenvalue weighted by atomic mass is 9.92. The third kappa shape index (κ3) is 2.55. The van der Waals surface area contributed by atoms with Gasteiger partial charge in [0.15, 0.2) is 0 Å². The number of nitrogens with zero attached hydrogens (tertiary/aromatic N) is 1. The number of carbonyl (C=O) groups is 2. The van der Waals surface area contributed by atoms with Crippen molar-refractivity contribution in [1.82, 2.24) is 4.90 Å². The maximum Gasteiger partial charge on any atom is 0.326 e. The molecule has 0 radical (unpaired) electrons. The summed E-state index contributed by atoms with van der Waals surface area (Å²) in [5.74, 6) is 0.0427. The van der Waals surface area contributed by atoms with Crippen LogP contribution < -0.4 is 0 Å². The lowest BCUT2D eigenvalue weighted by Crippen LogP contribution is -2.54. The van der Waals surface area contributed by atoms with Gasteiger partial charge in [-0.05, 0) is 36.6 Å². The van der Waals surface area contributed by atoms with Crippen LogP contribution in [0, 0.1) is 0 Å². The van der Waals surface area contributed by atoms with Crippen LogP contribution in [0.1, 0.15) is 30.9 Å². The summed E-state index contributed by atoms with van der Waals surface area (Å²) in [6.45, 7) is 2.36. The van der Waals surface area contributed by atoms with E-state index < -0.39 is 16.8 Å². The van der Waals surface area contributed by atoms with E-state index in [1.54, 1.807) is 16.7 Å². The highest BCUT2D eigenvalue weighted by Crippen LogP contribution is 2.40. The molecule has 112 valence electrons. The van der Waals surface area contributed by atoms with Gasteiger partial charge >= 0.3 is 5.97 Å². The first-order chi connectivity index (χ1) is 10.0. The first kappa shape index (κ1) is 14.4. The Balaban J connectivity index is 1.92. The molecule has 2 atom stereocenters. The van der Waals surface area contributed by atoms with Gasteiger partial charge in [0, 0.05) is 13.0 Å². The maximum atomic E-state index is 12.9. The van der Waals surface area contributed by atoms with Crippen molar-refractivity contribution < 1.29 is 14.7 Å². The van der Waals surface area contributed by atoms with Crippen LogP contribution in [0.5, 0.6) is 0 Å². The highest BCUT2D eigenvalue weighted by Gasteiger charge is 2.44. The maximum absolute atomic E-state index is 12.9. The second-order valence-corrected chi connectivity index (χ2v) is 7.54. The number of carboxylic acid groups (broad SMARTS) is 1. The van der Waals surface area contributed by atoms with Crippen molar-refractivity contribution in [3.8, 4) is 0 Å². The van der Waals surface area contributed by atoms with Crippen molar-refractivity contribution in [2.24, 2.45) is 0 Å². The Bertz CT molecular complexity index is 581. The molecule has 2 aliphatic rings. The number of hydrogen-bond donors (Lipinski definition) is 1. The van der Waals surface area contributed by atoms with Crippen LogP contribution in [0.25, 0.3) is 0 Å². The standard InChI is InChI=1S/C16H19NO3S/c1-16(7-4-8-21-16)15(20)17-10-12-6-3-2-5-11(12)9-13(17)14(18)19/h2-3,5-6,13H,4,7-10H2,1H3,(H,18,19)/t13-,16?/m1/s1. The van der Waals surface area contributed by atoms with E-state index in [1.807, 2.05) is 31.2 Å². The summed E-state index contributed by atoms with van der Waals surface area (Å²) in [7, 11) is 0. The number of hydrogen-bond acceptors (Lipinski definition) is 3. The van der Waals surface area contributed by atoms with Crippen molar-refractivity contribution in [2.45, 2.75) is 43.5 Å². The van der Waals surface area contributed by atoms with Gasteiger partial charge in [-0.1, -0.05) is 24.3 Å². The second kappa shape index (κ2) is 5.37. The molecule has 1 fully saturated rings. The first-order valence-corrected chi connectivity index (χ1v) is 8.24. The van der Waals surface area contributed by atoms with Gasteiger partial charge in [-0.2, -0.15) is 0 Å². The van der Waals surface area contributed by atoms with E-state index in [4.69, 9.17) is 0 Å². The molecule has 1 amide bonds. The summed E-state index contributed by atoms with van der Waals surface area (Å²) in [6, 6.07) is 7.06. The molecule has 5 heteroatoms. The predicted octanol–water partition coefficient (Wildman–Crippen LogP) is 2.31. The van der Waals surface area contributed by atoms with Gasteiger partial charge in [0.1, 0.15) is 6.04 Å². The average molecular weight is 305 g/mol. The van der Waals surface area contributed by atoms with E-state index in [2.05, 4.69) is 0 Å². The Morgan fingerprint density at radius 1 is 1.33 bits per heavy atom. The molecule has 1 saturated heterocycles. The SMILES string of the molecule is CC1(C(=O)N2Cc3ccccc3C[C@@H]2C(=O)O)CCCS1. The molecule has 0 saturated carbocycles. The fourth-order valence-corrected chi connectivity index (χ4v) is 4.48. The average Bonchev–Trinajstić information content (AvgIpc) is 2.93. The minimum atomic E-state index is -0.913. The molecule has 0 aliphatic carbocycles. The Morgan fingerprint density at radius 2 is 2.05 bits per heavy atom. The molecule has 2 heterocycles. The van der Waals surface area contributed by atoms with Crippen LogP contribution in [0.3, 0.4) is 0 Å². The molecular formula is C16H19NO3S. The molecule has 1 aromatic carbocycles. The summed E-state index contributed by atoms with van der Waals surface area (Å²) in [6.07, 6.45) is 2.26. The van der Waals surface area contributed by atoms with Crippen molar-refractivity contribution in [1.29, 1.82) is 0 Å². The van der Waals surface area contributed by atoms with Crippen molar-refractivity contribution >= 4 is 23.6 Å². The zero-order valence-electron chi connectivity index (χ0n) is 12.0. The highest BCUT2D eigenvalue weighted by atomic mass is 32.2. The van der Waals surface area contributed by atoms with E-state index >= 15 is 0 Å². The zero-order chi connectivity index (χ0) is 15.0. The molecule has 0 spiro atoms. The summed E-state index contributed by atoms with van der Waals surface area (Å²) >= 11 is 1.66. The van der Waals surface area contributed by atoms with Crippen molar-refractivity contribution in [3.05, 3.63) is 35.4 Å². The first-order valence-electron chi connectivity index (χ1n) is 7.26. The zero-order valence-corrected chi connectivity index (χ0v) is 12.9. The molecule has 4 nitrogen and oxygen atoms in total. The fraction of sp³-hybridized carbons (Fsp3) is 0.500. The number of aliphatic carboxylic acids is 1. The minimum Gasteiger partial charge on any atom is -0.480 e. The molecule has 21 heavy (non-hydrogen) atoms. The Hall–Kier alpha value is -1.49. The lowest BCUT2D eigenvalue weighted by molar-refractivity contribution is -0.152. The van der Waals surface area contributed by atoms with Crippen LogP contribution in [0.15, 0.2) is 24.3 Å². The molecule has 1 aromatic rings. The van der Waals surface area contributed by atoms with Gasteiger partial charge in [-0.3, -0.25) is 4.79 Å². The summed E-state index contributed by atoms with van der Waals surface area (Å²) < 4.78 is -0.458. The van der Waals surface area contributed by atoms with Gasteiger partial charge in [0.05, 0.1) is 4.75 Å². The molecular weight excluding hydrogens is 286 g/mol. The number of benzene rings is 1. The largest absolute Gasteiger partial charge is 0.480 e. The van der Waals surface area contributed by atoms with Gasteiger partial charge in [-0.15, -0.1) is 11.8 Å². The van der Waals surface area contributed by atoms with Crippen LogP contribution in [-0.4, -0.2) is 38.4 Å². The van der Waals surface area contributed by atoms with Crippen LogP contribution in [0.2, 0.25) is 0 Å². The highest BCUT2D eigenvalue weighted by molar-refractivity contribution is 8.01. The van der Waals surface area contributed by atoms with Crippen LogP contribution in [0.4, 0.5) is 0 Å². The van der Waals surface area contributed by atoms with Crippen LogP contribution >= 0.6 is 11.8 Å². The van der Waals surface area contributed by atoms with Gasteiger partial charge < -0.3 is 10.0 Å². The Labute approximate surface area is 128 Å². The van der Waals surface area contributed by atoms with E-state index in [0.29, 0.717) is 13.0 Å². The summed E-state index contributed by atoms with van der Waals surface area (Å²) in [4.78, 5) is 26.1. The van der Waals surface area contributed by atoms with E-state index in [-0.39, 0.29) is 5.91 Å². The van der Waals surface area contributed by atoms with Crippen LogP contribution in [-0.2, 0) is 22.6 Å². The topological polar surface area (TPSA) is 57.6 Å². The number of amides is 1. The van der Waals surface area contributed by atoms with Gasteiger partial charge in [0.25, 0.3) is 0 Å². The van der Waals surface area contributed by atoms with Gasteiger partial charge in [0.2, 0.25) is 5.91 Å². The number of carboxylic acids is 1. The lowest BCUT2D eigenvalue weighted by Gasteiger charge is -2.38. The summed E-state index contributed by atoms with van der Waals surface area (Å²) in [5, 5.41) is 9.51. The minimum absolute atomic E-state index is 0.0214. The number of carbonyl (C=O) groups excluding carboxylic acids is 1. The quantitative estimate of drug-likeness (QED) is 0.911. The third-order valence-corrected chi connectivity index (χ3v) is 5.97. The van der Waals surface area contributed by atoms with Crippen molar-refractivity contribution in [3.63, 3.8) is 0 Å². The molecule has 2 aliphatic heterocycles. The summed E-state index contributed by atoms with van der Waals surface area (Å²) in [5.41, 5.74) is 2.10. The molecule has 0 bridgehead atoms. The Kier molecular flexibility index (Phi) is 3.69. The fourth-order valence-electron chi connectivity index (χ4n) is 3.21. The third-order valence-electron chi connectivity index (χ3n) is 4.47. The number of rotatable bonds is 2. The number of fused-ring (bicyclic) bond motifs is 1. The molecule has 1 unspecified atom stereocenters. The predicted molar refractivity (Wildman–Crippen MR) is 82.2 cm³/mol. The second-order valence-electron chi connectivity index (χ2n) is 5.94. The number of thioether (sulfide) groups is 1. The smallest absolute Gasteiger partial charge is 0.326 e. The van der Waals surface area contributed by atoms with Gasteiger partial charge in [-0.25, -0.2) is 4.79 Å². The van der Waals surface area contributed by atoms with Crippen molar-refractivity contribution in [2.75, 3.05) is 5.75 Å². The monoisotopic (exact) mass is 305 g/mol.